The molecule has 3 rings (SSSR count). The van der Waals surface area contributed by atoms with Gasteiger partial charge in [0.15, 0.2) is 0 Å². The molecule has 0 amide bonds. The second kappa shape index (κ2) is 8.56. The molecule has 2 heterocycles. The monoisotopic (exact) mass is 373 g/mol. The number of nitrogens with zero attached hydrogens (tertiary/aromatic N) is 5. The van der Waals surface area contributed by atoms with E-state index >= 15 is 0 Å². The van der Waals surface area contributed by atoms with E-state index in [1.165, 1.54) is 0 Å². The fraction of sp³-hybridized carbons (Fsp3) is 0.0952. The summed E-state index contributed by atoms with van der Waals surface area (Å²) in [5, 5.41) is 28.6. The van der Waals surface area contributed by atoms with Crippen LogP contribution in [0.4, 0.5) is 0 Å². The lowest BCUT2D eigenvalue weighted by molar-refractivity contribution is 0.475. The number of aromatic nitrogens is 3. The van der Waals surface area contributed by atoms with Crippen LogP contribution in [0.1, 0.15) is 18.2 Å². The lowest BCUT2D eigenvalue weighted by Gasteiger charge is -2.26. The fourth-order valence-electron chi connectivity index (χ4n) is 2.64. The van der Waals surface area contributed by atoms with E-state index in [-0.39, 0.29) is 5.75 Å². The molecule has 0 saturated carbocycles. The molecule has 3 aromatic rings. The average Bonchev–Trinajstić information content (AvgIpc) is 3.42. The third kappa shape index (κ3) is 4.19. The van der Waals surface area contributed by atoms with Gasteiger partial charge in [0, 0.05) is 11.1 Å². The van der Waals surface area contributed by atoms with Crippen molar-refractivity contribution < 1.29 is 9.52 Å². The molecule has 0 aliphatic rings. The van der Waals surface area contributed by atoms with Crippen molar-refractivity contribution in [2.45, 2.75) is 13.5 Å². The Morgan fingerprint density at radius 2 is 2.00 bits per heavy atom. The molecule has 0 spiro atoms. The van der Waals surface area contributed by atoms with Gasteiger partial charge in [0.05, 0.1) is 24.6 Å². The lowest BCUT2D eigenvalue weighted by atomic mass is 10.1. The Morgan fingerprint density at radius 1 is 1.29 bits per heavy atom. The molecular weight excluding hydrogens is 354 g/mol. The van der Waals surface area contributed by atoms with Gasteiger partial charge in [-0.05, 0) is 48.9 Å². The fourth-order valence-corrected chi connectivity index (χ4v) is 2.64. The highest BCUT2D eigenvalue weighted by molar-refractivity contribution is 5.77. The average molecular weight is 373 g/mol. The Kier molecular flexibility index (Phi) is 5.72. The van der Waals surface area contributed by atoms with Gasteiger partial charge in [0.1, 0.15) is 24.2 Å². The molecule has 0 radical (unpaired) electrons. The zero-order valence-electron chi connectivity index (χ0n) is 15.4. The third-order valence-corrected chi connectivity index (χ3v) is 4.11. The van der Waals surface area contributed by atoms with Gasteiger partial charge in [-0.3, -0.25) is 5.01 Å². The molecule has 7 heteroatoms. The number of phenolic OH excluding ortho intramolecular Hbond substituents is 1. The number of aromatic hydroxyl groups is 1. The molecule has 0 aliphatic heterocycles. The third-order valence-electron chi connectivity index (χ3n) is 4.11. The standard InChI is InChI=1S/C21H19N5O2/c1-3-18(11-20(16(2)12-22)21-5-4-10-28-21)26(25-14-23-24-15-25)13-17-6-8-19(27)9-7-17/h3-11,14-15,27H,1,13H2,2H3/b18-11+,20-16-. The van der Waals surface area contributed by atoms with Crippen molar-refractivity contribution in [3.05, 3.63) is 96.6 Å². The number of allylic oxidation sites excluding steroid dienone is 4. The summed E-state index contributed by atoms with van der Waals surface area (Å²) in [7, 11) is 0. The molecular formula is C21H19N5O2. The molecule has 2 aromatic heterocycles. The van der Waals surface area contributed by atoms with E-state index in [1.54, 1.807) is 60.9 Å². The summed E-state index contributed by atoms with van der Waals surface area (Å²) in [6.07, 6.45) is 8.24. The summed E-state index contributed by atoms with van der Waals surface area (Å²) in [5.41, 5.74) is 2.85. The minimum absolute atomic E-state index is 0.201. The summed E-state index contributed by atoms with van der Waals surface area (Å²) >= 11 is 0. The van der Waals surface area contributed by atoms with E-state index in [0.29, 0.717) is 29.1 Å². The summed E-state index contributed by atoms with van der Waals surface area (Å²) in [6.45, 7) is 6.13. The summed E-state index contributed by atoms with van der Waals surface area (Å²) < 4.78 is 7.22. The predicted molar refractivity (Wildman–Crippen MR) is 105 cm³/mol. The number of hydrogen-bond donors (Lipinski definition) is 1. The van der Waals surface area contributed by atoms with Crippen molar-refractivity contribution in [2.75, 3.05) is 5.01 Å². The van der Waals surface area contributed by atoms with Gasteiger partial charge in [-0.1, -0.05) is 18.7 Å². The van der Waals surface area contributed by atoms with Crippen LogP contribution in [0.5, 0.6) is 5.75 Å². The van der Waals surface area contributed by atoms with Crippen LogP contribution in [-0.2, 0) is 6.54 Å². The van der Waals surface area contributed by atoms with Crippen molar-refractivity contribution in [1.29, 1.82) is 5.26 Å². The van der Waals surface area contributed by atoms with Crippen LogP contribution in [0.3, 0.4) is 0 Å². The summed E-state index contributed by atoms with van der Waals surface area (Å²) in [6, 6.07) is 12.7. The van der Waals surface area contributed by atoms with Gasteiger partial charge in [-0.2, -0.15) is 5.26 Å². The van der Waals surface area contributed by atoms with Gasteiger partial charge in [0.2, 0.25) is 0 Å². The van der Waals surface area contributed by atoms with Gasteiger partial charge in [0.25, 0.3) is 0 Å². The molecule has 1 N–H and O–H groups in total. The van der Waals surface area contributed by atoms with E-state index in [1.807, 2.05) is 23.2 Å². The zero-order chi connectivity index (χ0) is 19.9. The smallest absolute Gasteiger partial charge is 0.139 e. The molecule has 28 heavy (non-hydrogen) atoms. The van der Waals surface area contributed by atoms with E-state index in [2.05, 4.69) is 22.8 Å². The Hall–Kier alpha value is -4.05. The first kappa shape index (κ1) is 18.7. The van der Waals surface area contributed by atoms with E-state index < -0.39 is 0 Å². The Morgan fingerprint density at radius 3 is 2.57 bits per heavy atom. The molecule has 0 unspecified atom stereocenters. The van der Waals surface area contributed by atoms with Crippen LogP contribution in [-0.4, -0.2) is 20.0 Å². The minimum atomic E-state index is 0.201. The number of hydrogen-bond acceptors (Lipinski definition) is 6. The highest BCUT2D eigenvalue weighted by Gasteiger charge is 2.14. The molecule has 140 valence electrons. The molecule has 0 atom stereocenters. The molecule has 7 nitrogen and oxygen atoms in total. The topological polar surface area (TPSA) is 91.1 Å². The van der Waals surface area contributed by atoms with Gasteiger partial charge in [-0.25, -0.2) is 4.68 Å². The maximum absolute atomic E-state index is 9.53. The van der Waals surface area contributed by atoms with Crippen molar-refractivity contribution >= 4 is 5.57 Å². The number of nitriles is 1. The number of furan rings is 1. The van der Waals surface area contributed by atoms with Crippen LogP contribution < -0.4 is 5.01 Å². The summed E-state index contributed by atoms with van der Waals surface area (Å²) in [4.78, 5) is 0. The highest BCUT2D eigenvalue weighted by Crippen LogP contribution is 2.24. The number of phenols is 1. The van der Waals surface area contributed by atoms with Gasteiger partial charge >= 0.3 is 0 Å². The van der Waals surface area contributed by atoms with Crippen LogP contribution in [0.2, 0.25) is 0 Å². The Balaban J connectivity index is 2.06. The number of benzene rings is 1. The second-order valence-corrected chi connectivity index (χ2v) is 5.97. The van der Waals surface area contributed by atoms with Crippen LogP contribution >= 0.6 is 0 Å². The predicted octanol–water partition coefficient (Wildman–Crippen LogP) is 3.78. The molecule has 0 fully saturated rings. The maximum Gasteiger partial charge on any atom is 0.139 e. The second-order valence-electron chi connectivity index (χ2n) is 5.97. The molecule has 1 aromatic carbocycles. The molecule has 0 aliphatic carbocycles. The molecule has 0 bridgehead atoms. The SMILES string of the molecule is C=C/C(=C\C(=C(/C)C#N)c1ccco1)N(Cc1ccc(O)cc1)n1cnnc1. The van der Waals surface area contributed by atoms with Crippen molar-refractivity contribution in [3.8, 4) is 11.8 Å². The van der Waals surface area contributed by atoms with Crippen LogP contribution in [0.25, 0.3) is 5.57 Å². The lowest BCUT2D eigenvalue weighted by Crippen LogP contribution is -2.31. The van der Waals surface area contributed by atoms with E-state index in [0.717, 1.165) is 5.56 Å². The normalized spacial score (nSPS) is 12.2. The quantitative estimate of drug-likeness (QED) is 0.501. The minimum Gasteiger partial charge on any atom is -0.508 e. The number of rotatable bonds is 7. The molecule has 0 saturated heterocycles. The van der Waals surface area contributed by atoms with E-state index in [9.17, 15) is 10.4 Å². The van der Waals surface area contributed by atoms with Crippen LogP contribution in [0, 0.1) is 11.3 Å². The highest BCUT2D eigenvalue weighted by atomic mass is 16.3. The van der Waals surface area contributed by atoms with Gasteiger partial charge in [-0.15, -0.1) is 10.2 Å². The maximum atomic E-state index is 9.53. The summed E-state index contributed by atoms with van der Waals surface area (Å²) in [5.74, 6) is 0.790. The first-order valence-electron chi connectivity index (χ1n) is 8.51. The largest absolute Gasteiger partial charge is 0.508 e. The first-order chi connectivity index (χ1) is 13.6. The van der Waals surface area contributed by atoms with Crippen molar-refractivity contribution in [3.63, 3.8) is 0 Å². The Bertz CT molecular complexity index is 1020. The first-order valence-corrected chi connectivity index (χ1v) is 8.51. The van der Waals surface area contributed by atoms with Gasteiger partial charge < -0.3 is 9.52 Å². The van der Waals surface area contributed by atoms with Crippen LogP contribution in [0.15, 0.2) is 89.7 Å². The van der Waals surface area contributed by atoms with Crippen molar-refractivity contribution in [1.82, 2.24) is 14.9 Å². The Labute approximate surface area is 162 Å². The van der Waals surface area contributed by atoms with E-state index in [4.69, 9.17) is 4.42 Å². The van der Waals surface area contributed by atoms with Crippen molar-refractivity contribution in [2.24, 2.45) is 0 Å². The zero-order valence-corrected chi connectivity index (χ0v) is 15.4.